The summed E-state index contributed by atoms with van der Waals surface area (Å²) in [4.78, 5) is 6.78. The average molecular weight is 310 g/mol. The average Bonchev–Trinajstić information content (AvgIpc) is 3.21. The number of azo groups is 1. The minimum atomic E-state index is 0.845. The summed E-state index contributed by atoms with van der Waals surface area (Å²) in [7, 11) is 0. The number of nitrogens with zero attached hydrogens (tertiary/aromatic N) is 2. The molecule has 2 N–H and O–H groups in total. The zero-order valence-corrected chi connectivity index (χ0v) is 12.8. The molecule has 0 bridgehead atoms. The Labute approximate surface area is 137 Å². The molecule has 3 aromatic carbocycles. The molecule has 0 unspecified atom stereocenters. The topological polar surface area (TPSA) is 56.3 Å². The van der Waals surface area contributed by atoms with E-state index in [1.54, 1.807) is 0 Å². The van der Waals surface area contributed by atoms with E-state index >= 15 is 0 Å². The number of hydrogen-bond acceptors (Lipinski definition) is 2. The van der Waals surface area contributed by atoms with Gasteiger partial charge in [0.25, 0.3) is 0 Å². The van der Waals surface area contributed by atoms with E-state index < -0.39 is 0 Å². The molecule has 0 spiro atoms. The van der Waals surface area contributed by atoms with Gasteiger partial charge in [-0.2, -0.15) is 5.11 Å². The van der Waals surface area contributed by atoms with Crippen molar-refractivity contribution in [2.45, 2.75) is 0 Å². The Morgan fingerprint density at radius 3 is 2.33 bits per heavy atom. The highest BCUT2D eigenvalue weighted by molar-refractivity contribution is 6.22. The fourth-order valence-corrected chi connectivity index (χ4v) is 3.23. The number of para-hydroxylation sites is 1. The molecular weight excluding hydrogens is 296 g/mol. The first-order chi connectivity index (χ1) is 11.9. The van der Waals surface area contributed by atoms with Crippen LogP contribution in [0.15, 0.2) is 83.2 Å². The van der Waals surface area contributed by atoms with Gasteiger partial charge < -0.3 is 9.97 Å². The summed E-state index contributed by atoms with van der Waals surface area (Å²) in [5.41, 5.74) is 5.00. The second kappa shape index (κ2) is 5.06. The maximum Gasteiger partial charge on any atom is 0.112 e. The van der Waals surface area contributed by atoms with E-state index in [9.17, 15) is 0 Å². The quantitative estimate of drug-likeness (QED) is 0.364. The third kappa shape index (κ3) is 1.93. The van der Waals surface area contributed by atoms with Crippen LogP contribution < -0.4 is 0 Å². The van der Waals surface area contributed by atoms with E-state index in [0.717, 1.165) is 33.3 Å². The first-order valence-corrected chi connectivity index (χ1v) is 7.87. The highest BCUT2D eigenvalue weighted by Crippen LogP contribution is 2.37. The number of H-pyrrole nitrogens is 2. The number of aromatic amines is 2. The Kier molecular flexibility index (Phi) is 2.76. The molecule has 5 rings (SSSR count). The molecule has 114 valence electrons. The Balaban J connectivity index is 1.79. The normalized spacial score (nSPS) is 12.0. The molecule has 0 fully saturated rings. The zero-order valence-electron chi connectivity index (χ0n) is 12.8. The molecule has 2 heterocycles. The summed E-state index contributed by atoms with van der Waals surface area (Å²) < 4.78 is 0. The molecule has 0 amide bonds. The lowest BCUT2D eigenvalue weighted by Crippen LogP contribution is -1.71. The maximum absolute atomic E-state index is 4.48. The van der Waals surface area contributed by atoms with Gasteiger partial charge in [0.2, 0.25) is 0 Å². The van der Waals surface area contributed by atoms with Crippen LogP contribution in [-0.2, 0) is 0 Å². The third-order valence-electron chi connectivity index (χ3n) is 4.32. The Bertz CT molecular complexity index is 1200. The Hall–Kier alpha value is -3.40. The van der Waals surface area contributed by atoms with Gasteiger partial charge in [0.05, 0.1) is 5.69 Å². The SMILES string of the molecule is c1ccc(N=Nc2c[nH]c3ccc4[nH]c5ccccc5c4c23)cc1. The summed E-state index contributed by atoms with van der Waals surface area (Å²) >= 11 is 0. The molecule has 0 atom stereocenters. The summed E-state index contributed by atoms with van der Waals surface area (Å²) in [6.07, 6.45) is 1.92. The Morgan fingerprint density at radius 2 is 1.42 bits per heavy atom. The van der Waals surface area contributed by atoms with Gasteiger partial charge in [-0.1, -0.05) is 36.4 Å². The number of benzene rings is 3. The van der Waals surface area contributed by atoms with Crippen molar-refractivity contribution in [1.82, 2.24) is 9.97 Å². The van der Waals surface area contributed by atoms with Crippen LogP contribution in [0.25, 0.3) is 32.7 Å². The van der Waals surface area contributed by atoms with Crippen LogP contribution in [0.1, 0.15) is 0 Å². The molecule has 24 heavy (non-hydrogen) atoms. The van der Waals surface area contributed by atoms with Crippen molar-refractivity contribution in [2.75, 3.05) is 0 Å². The first-order valence-electron chi connectivity index (χ1n) is 7.87. The zero-order chi connectivity index (χ0) is 15.9. The highest BCUT2D eigenvalue weighted by atomic mass is 15.1. The lowest BCUT2D eigenvalue weighted by molar-refractivity contribution is 1.24. The van der Waals surface area contributed by atoms with Crippen molar-refractivity contribution >= 4 is 44.1 Å². The van der Waals surface area contributed by atoms with Crippen molar-refractivity contribution in [3.05, 3.63) is 72.9 Å². The van der Waals surface area contributed by atoms with Gasteiger partial charge in [0, 0.05) is 38.9 Å². The molecule has 0 aliphatic rings. The van der Waals surface area contributed by atoms with Gasteiger partial charge in [-0.3, -0.25) is 0 Å². The number of nitrogens with one attached hydrogen (secondary N) is 2. The molecule has 0 saturated carbocycles. The number of rotatable bonds is 2. The number of fused-ring (bicyclic) bond motifs is 5. The standard InChI is InChI=1S/C20H14N4/c1-2-6-13(7-3-1)23-24-18-12-21-16-10-11-17-19(20(16)18)14-8-4-5-9-15(14)22-17/h1-12,21-22H. The van der Waals surface area contributed by atoms with Gasteiger partial charge >= 0.3 is 0 Å². The largest absolute Gasteiger partial charge is 0.359 e. The van der Waals surface area contributed by atoms with Crippen molar-refractivity contribution in [3.8, 4) is 0 Å². The van der Waals surface area contributed by atoms with Gasteiger partial charge in [-0.15, -0.1) is 5.11 Å². The molecular formula is C20H14N4. The second-order valence-electron chi connectivity index (χ2n) is 5.79. The lowest BCUT2D eigenvalue weighted by Gasteiger charge is -1.97. The second-order valence-corrected chi connectivity index (χ2v) is 5.79. The van der Waals surface area contributed by atoms with E-state index in [2.05, 4.69) is 50.5 Å². The van der Waals surface area contributed by atoms with E-state index in [4.69, 9.17) is 0 Å². The molecule has 0 aliphatic heterocycles. The fraction of sp³-hybridized carbons (Fsp3) is 0. The van der Waals surface area contributed by atoms with E-state index in [1.807, 2.05) is 42.6 Å². The van der Waals surface area contributed by atoms with E-state index in [1.165, 1.54) is 10.8 Å². The van der Waals surface area contributed by atoms with Gasteiger partial charge in [0.1, 0.15) is 5.69 Å². The Morgan fingerprint density at radius 1 is 0.625 bits per heavy atom. The van der Waals surface area contributed by atoms with Crippen LogP contribution in [0, 0.1) is 0 Å². The van der Waals surface area contributed by atoms with Gasteiger partial charge in [0.15, 0.2) is 0 Å². The van der Waals surface area contributed by atoms with Gasteiger partial charge in [-0.25, -0.2) is 0 Å². The van der Waals surface area contributed by atoms with Crippen molar-refractivity contribution < 1.29 is 0 Å². The lowest BCUT2D eigenvalue weighted by atomic mass is 10.1. The minimum Gasteiger partial charge on any atom is -0.359 e. The molecule has 0 aliphatic carbocycles. The molecule has 4 heteroatoms. The first kappa shape index (κ1) is 13.1. The third-order valence-corrected chi connectivity index (χ3v) is 4.32. The van der Waals surface area contributed by atoms with Crippen LogP contribution in [0.3, 0.4) is 0 Å². The smallest absolute Gasteiger partial charge is 0.112 e. The summed E-state index contributed by atoms with van der Waals surface area (Å²) in [5.74, 6) is 0. The molecule has 0 radical (unpaired) electrons. The van der Waals surface area contributed by atoms with Crippen LogP contribution in [0.5, 0.6) is 0 Å². The summed E-state index contributed by atoms with van der Waals surface area (Å²) in [5, 5.41) is 12.3. The minimum absolute atomic E-state index is 0.845. The molecule has 5 aromatic rings. The van der Waals surface area contributed by atoms with Gasteiger partial charge in [-0.05, 0) is 30.3 Å². The summed E-state index contributed by atoms with van der Waals surface area (Å²) in [6, 6.07) is 22.3. The monoisotopic (exact) mass is 310 g/mol. The van der Waals surface area contributed by atoms with Crippen LogP contribution >= 0.6 is 0 Å². The van der Waals surface area contributed by atoms with Crippen molar-refractivity contribution in [1.29, 1.82) is 0 Å². The van der Waals surface area contributed by atoms with Crippen LogP contribution in [0.2, 0.25) is 0 Å². The predicted molar refractivity (Wildman–Crippen MR) is 98.3 cm³/mol. The van der Waals surface area contributed by atoms with E-state index in [0.29, 0.717) is 0 Å². The van der Waals surface area contributed by atoms with Crippen LogP contribution in [0.4, 0.5) is 11.4 Å². The number of hydrogen-bond donors (Lipinski definition) is 2. The number of aromatic nitrogens is 2. The van der Waals surface area contributed by atoms with E-state index in [-0.39, 0.29) is 0 Å². The maximum atomic E-state index is 4.48. The molecule has 2 aromatic heterocycles. The summed E-state index contributed by atoms with van der Waals surface area (Å²) in [6.45, 7) is 0. The molecule has 0 saturated heterocycles. The van der Waals surface area contributed by atoms with Crippen molar-refractivity contribution in [2.24, 2.45) is 10.2 Å². The highest BCUT2D eigenvalue weighted by Gasteiger charge is 2.12. The van der Waals surface area contributed by atoms with Crippen molar-refractivity contribution in [3.63, 3.8) is 0 Å². The molecule has 4 nitrogen and oxygen atoms in total. The predicted octanol–water partition coefficient (Wildman–Crippen LogP) is 6.22. The fourth-order valence-electron chi connectivity index (χ4n) is 3.23. The van der Waals surface area contributed by atoms with Crippen LogP contribution in [-0.4, -0.2) is 9.97 Å².